The van der Waals surface area contributed by atoms with Gasteiger partial charge in [0.05, 0.1) is 11.8 Å². The SMILES string of the molecule is Cc1cccc(C)c1NC(=O)[C@H]1[C@@H](C(=O)O)[C@H]2C=C[C@H]1C2. The Kier molecular flexibility index (Phi) is 3.32. The summed E-state index contributed by atoms with van der Waals surface area (Å²) in [6.07, 6.45) is 4.73. The average Bonchev–Trinajstić information content (AvgIpc) is 3.03. The lowest BCUT2D eigenvalue weighted by molar-refractivity contribution is -0.146. The molecule has 110 valence electrons. The second kappa shape index (κ2) is 5.02. The number of carboxylic acid groups (broad SMARTS) is 1. The van der Waals surface area contributed by atoms with Crippen molar-refractivity contribution in [2.45, 2.75) is 20.3 Å². The van der Waals surface area contributed by atoms with Crippen LogP contribution in [0.3, 0.4) is 0 Å². The Hall–Kier alpha value is -2.10. The molecule has 0 spiro atoms. The lowest BCUT2D eigenvalue weighted by Crippen LogP contribution is -2.36. The van der Waals surface area contributed by atoms with Gasteiger partial charge in [-0.3, -0.25) is 9.59 Å². The summed E-state index contributed by atoms with van der Waals surface area (Å²) in [6.45, 7) is 3.88. The number of carboxylic acids is 1. The van der Waals surface area contributed by atoms with Gasteiger partial charge >= 0.3 is 5.97 Å². The highest BCUT2D eigenvalue weighted by Crippen LogP contribution is 2.48. The molecule has 1 aromatic carbocycles. The highest BCUT2D eigenvalue weighted by Gasteiger charge is 2.51. The van der Waals surface area contributed by atoms with Crippen LogP contribution in [0.15, 0.2) is 30.4 Å². The first-order valence-corrected chi connectivity index (χ1v) is 7.27. The molecule has 1 fully saturated rings. The Morgan fingerprint density at radius 3 is 2.24 bits per heavy atom. The number of aliphatic carboxylic acids is 1. The lowest BCUT2D eigenvalue weighted by Gasteiger charge is -2.24. The topological polar surface area (TPSA) is 66.4 Å². The molecule has 0 heterocycles. The zero-order chi connectivity index (χ0) is 15.1. The van der Waals surface area contributed by atoms with Gasteiger partial charge in [0.25, 0.3) is 0 Å². The van der Waals surface area contributed by atoms with E-state index in [1.807, 2.05) is 44.2 Å². The van der Waals surface area contributed by atoms with E-state index in [1.54, 1.807) is 0 Å². The molecule has 0 unspecified atom stereocenters. The highest BCUT2D eigenvalue weighted by molar-refractivity contribution is 5.97. The molecular weight excluding hydrogens is 266 g/mol. The summed E-state index contributed by atoms with van der Waals surface area (Å²) in [5.74, 6) is -2.03. The number of rotatable bonds is 3. The van der Waals surface area contributed by atoms with Crippen molar-refractivity contribution in [2.75, 3.05) is 5.32 Å². The minimum Gasteiger partial charge on any atom is -0.481 e. The summed E-state index contributed by atoms with van der Waals surface area (Å²) in [7, 11) is 0. The number of carbonyl (C=O) groups excluding carboxylic acids is 1. The van der Waals surface area contributed by atoms with Crippen molar-refractivity contribution in [2.24, 2.45) is 23.7 Å². The van der Waals surface area contributed by atoms with E-state index < -0.39 is 17.8 Å². The molecule has 0 aromatic heterocycles. The van der Waals surface area contributed by atoms with E-state index in [-0.39, 0.29) is 17.7 Å². The van der Waals surface area contributed by atoms with Crippen LogP contribution in [0.4, 0.5) is 5.69 Å². The molecule has 3 rings (SSSR count). The maximum Gasteiger partial charge on any atom is 0.307 e. The monoisotopic (exact) mass is 285 g/mol. The molecule has 4 heteroatoms. The van der Waals surface area contributed by atoms with E-state index in [0.717, 1.165) is 23.2 Å². The number of hydrogen-bond donors (Lipinski definition) is 2. The Balaban J connectivity index is 1.85. The van der Waals surface area contributed by atoms with Gasteiger partial charge in [0.15, 0.2) is 0 Å². The van der Waals surface area contributed by atoms with Gasteiger partial charge in [0.2, 0.25) is 5.91 Å². The molecule has 2 N–H and O–H groups in total. The third-order valence-corrected chi connectivity index (χ3v) is 4.78. The van der Waals surface area contributed by atoms with E-state index in [0.29, 0.717) is 0 Å². The zero-order valence-corrected chi connectivity index (χ0v) is 12.2. The number of aryl methyl sites for hydroxylation is 2. The van der Waals surface area contributed by atoms with Crippen LogP contribution in [0.25, 0.3) is 0 Å². The Morgan fingerprint density at radius 1 is 1.10 bits per heavy atom. The Bertz CT molecular complexity index is 615. The van der Waals surface area contributed by atoms with Crippen LogP contribution in [0.1, 0.15) is 17.5 Å². The fourth-order valence-electron chi connectivity index (χ4n) is 3.73. The first-order valence-electron chi connectivity index (χ1n) is 7.27. The van der Waals surface area contributed by atoms with Crippen LogP contribution in [0, 0.1) is 37.5 Å². The van der Waals surface area contributed by atoms with Gasteiger partial charge in [0, 0.05) is 5.69 Å². The summed E-state index contributed by atoms with van der Waals surface area (Å²) >= 11 is 0. The third kappa shape index (κ3) is 2.24. The smallest absolute Gasteiger partial charge is 0.307 e. The summed E-state index contributed by atoms with van der Waals surface area (Å²) in [5.41, 5.74) is 2.79. The van der Waals surface area contributed by atoms with Crippen LogP contribution in [-0.4, -0.2) is 17.0 Å². The van der Waals surface area contributed by atoms with Gasteiger partial charge in [-0.1, -0.05) is 30.4 Å². The number of para-hydroxylation sites is 1. The van der Waals surface area contributed by atoms with Crippen molar-refractivity contribution in [3.05, 3.63) is 41.5 Å². The number of amides is 1. The molecule has 1 amide bonds. The van der Waals surface area contributed by atoms with Crippen molar-refractivity contribution in [3.63, 3.8) is 0 Å². The number of carbonyl (C=O) groups is 2. The fraction of sp³-hybridized carbons (Fsp3) is 0.412. The number of benzene rings is 1. The molecule has 1 aromatic rings. The number of anilines is 1. The Labute approximate surface area is 123 Å². The maximum absolute atomic E-state index is 12.6. The molecule has 21 heavy (non-hydrogen) atoms. The van der Waals surface area contributed by atoms with Crippen LogP contribution >= 0.6 is 0 Å². The predicted octanol–water partition coefficient (Wildman–Crippen LogP) is 2.76. The van der Waals surface area contributed by atoms with Crippen molar-refractivity contribution in [1.82, 2.24) is 0 Å². The third-order valence-electron chi connectivity index (χ3n) is 4.78. The number of nitrogens with one attached hydrogen (secondary N) is 1. The van der Waals surface area contributed by atoms with E-state index in [4.69, 9.17) is 0 Å². The first-order chi connectivity index (χ1) is 9.99. The number of allylic oxidation sites excluding steroid dienone is 2. The minimum atomic E-state index is -0.867. The van der Waals surface area contributed by atoms with E-state index >= 15 is 0 Å². The van der Waals surface area contributed by atoms with Crippen molar-refractivity contribution in [1.29, 1.82) is 0 Å². The normalized spacial score (nSPS) is 29.6. The molecule has 2 aliphatic carbocycles. The van der Waals surface area contributed by atoms with Gasteiger partial charge in [-0.2, -0.15) is 0 Å². The average molecular weight is 285 g/mol. The molecule has 2 aliphatic rings. The second-order valence-corrected chi connectivity index (χ2v) is 6.09. The Morgan fingerprint density at radius 2 is 1.67 bits per heavy atom. The maximum atomic E-state index is 12.6. The minimum absolute atomic E-state index is 0.00113. The van der Waals surface area contributed by atoms with Gasteiger partial charge in [-0.15, -0.1) is 0 Å². The fourth-order valence-corrected chi connectivity index (χ4v) is 3.73. The summed E-state index contributed by atoms with van der Waals surface area (Å²) in [5, 5.41) is 12.4. The van der Waals surface area contributed by atoms with Gasteiger partial charge in [-0.05, 0) is 43.2 Å². The number of fused-ring (bicyclic) bond motifs is 2. The zero-order valence-electron chi connectivity index (χ0n) is 12.2. The largest absolute Gasteiger partial charge is 0.481 e. The lowest BCUT2D eigenvalue weighted by atomic mass is 9.82. The van der Waals surface area contributed by atoms with Crippen molar-refractivity contribution in [3.8, 4) is 0 Å². The van der Waals surface area contributed by atoms with Gasteiger partial charge in [0.1, 0.15) is 0 Å². The molecule has 4 atom stereocenters. The molecule has 0 saturated heterocycles. The van der Waals surface area contributed by atoms with Crippen LogP contribution in [0.2, 0.25) is 0 Å². The van der Waals surface area contributed by atoms with Crippen LogP contribution < -0.4 is 5.32 Å². The molecule has 0 radical (unpaired) electrons. The molecule has 1 saturated carbocycles. The summed E-state index contributed by atoms with van der Waals surface area (Å²) < 4.78 is 0. The second-order valence-electron chi connectivity index (χ2n) is 6.09. The highest BCUT2D eigenvalue weighted by atomic mass is 16.4. The molecular formula is C17H19NO3. The van der Waals surface area contributed by atoms with E-state index in [9.17, 15) is 14.7 Å². The quantitative estimate of drug-likeness (QED) is 0.839. The summed E-state index contributed by atoms with van der Waals surface area (Å²) in [6, 6.07) is 5.83. The number of hydrogen-bond acceptors (Lipinski definition) is 2. The molecule has 0 aliphatic heterocycles. The van der Waals surface area contributed by atoms with Crippen LogP contribution in [0.5, 0.6) is 0 Å². The predicted molar refractivity (Wildman–Crippen MR) is 79.9 cm³/mol. The van der Waals surface area contributed by atoms with Gasteiger partial charge in [-0.25, -0.2) is 0 Å². The molecule has 2 bridgehead atoms. The van der Waals surface area contributed by atoms with E-state index in [2.05, 4.69) is 5.32 Å². The van der Waals surface area contributed by atoms with Gasteiger partial charge < -0.3 is 10.4 Å². The van der Waals surface area contributed by atoms with Crippen molar-refractivity contribution < 1.29 is 14.7 Å². The van der Waals surface area contributed by atoms with E-state index in [1.165, 1.54) is 0 Å². The first kappa shape index (κ1) is 13.9. The standard InChI is InChI=1S/C17H19NO3/c1-9-4-3-5-10(2)15(9)18-16(19)13-11-6-7-12(8-11)14(13)17(20)21/h3-7,11-14H,8H2,1-2H3,(H,18,19)(H,20,21)/t11-,12-,13+,14-/m0/s1. The van der Waals surface area contributed by atoms with Crippen LogP contribution in [-0.2, 0) is 9.59 Å². The summed E-state index contributed by atoms with van der Waals surface area (Å²) in [4.78, 5) is 24.1. The molecule has 4 nitrogen and oxygen atoms in total. The van der Waals surface area contributed by atoms with Crippen molar-refractivity contribution >= 4 is 17.6 Å².